The number of hydrogen-bond acceptors (Lipinski definition) is 6. The van der Waals surface area contributed by atoms with E-state index in [0.29, 0.717) is 31.9 Å². The summed E-state index contributed by atoms with van der Waals surface area (Å²) >= 11 is 0. The fraction of sp³-hybridized carbons (Fsp3) is 0.615. The molecule has 0 saturated carbocycles. The van der Waals surface area contributed by atoms with Crippen molar-refractivity contribution in [3.63, 3.8) is 0 Å². The lowest BCUT2D eigenvalue weighted by Crippen LogP contribution is -2.21. The molecule has 0 aromatic carbocycles. The number of ether oxygens (including phenoxy) is 2. The standard InChI is InChI=1S/C13H21N3O3/c1-4-8-19-12-10-14-9-11(15-12)16(2)7-5-6-13(17)18-3/h9-10H,4-8H2,1-3H3. The Morgan fingerprint density at radius 1 is 1.42 bits per heavy atom. The fourth-order valence-electron chi connectivity index (χ4n) is 1.48. The molecule has 0 aliphatic rings. The maximum absolute atomic E-state index is 11.0. The number of methoxy groups -OCH3 is 1. The first-order valence-electron chi connectivity index (χ1n) is 6.40. The van der Waals surface area contributed by atoms with Gasteiger partial charge in [-0.3, -0.25) is 9.78 Å². The summed E-state index contributed by atoms with van der Waals surface area (Å²) in [6.45, 7) is 3.38. The second kappa shape index (κ2) is 8.29. The normalized spacial score (nSPS) is 10.1. The molecule has 1 aromatic rings. The van der Waals surface area contributed by atoms with Crippen LogP contribution in [-0.4, -0.2) is 43.2 Å². The fourth-order valence-corrected chi connectivity index (χ4v) is 1.48. The third kappa shape index (κ3) is 5.54. The number of carbonyl (C=O) groups is 1. The van der Waals surface area contributed by atoms with E-state index in [2.05, 4.69) is 14.7 Å². The van der Waals surface area contributed by atoms with Crippen LogP contribution in [0.25, 0.3) is 0 Å². The number of aromatic nitrogens is 2. The third-order valence-corrected chi connectivity index (χ3v) is 2.55. The highest BCUT2D eigenvalue weighted by Gasteiger charge is 2.07. The van der Waals surface area contributed by atoms with Crippen LogP contribution in [-0.2, 0) is 9.53 Å². The van der Waals surface area contributed by atoms with Crippen LogP contribution in [0, 0.1) is 0 Å². The Morgan fingerprint density at radius 3 is 2.89 bits per heavy atom. The Morgan fingerprint density at radius 2 is 2.21 bits per heavy atom. The molecular weight excluding hydrogens is 246 g/mol. The van der Waals surface area contributed by atoms with Crippen molar-refractivity contribution in [1.82, 2.24) is 9.97 Å². The van der Waals surface area contributed by atoms with E-state index < -0.39 is 0 Å². The monoisotopic (exact) mass is 267 g/mol. The van der Waals surface area contributed by atoms with Crippen LogP contribution < -0.4 is 9.64 Å². The SMILES string of the molecule is CCCOc1cncc(N(C)CCCC(=O)OC)n1. The van der Waals surface area contributed by atoms with Gasteiger partial charge in [-0.15, -0.1) is 0 Å². The third-order valence-electron chi connectivity index (χ3n) is 2.55. The van der Waals surface area contributed by atoms with Crippen molar-refractivity contribution in [3.8, 4) is 5.88 Å². The lowest BCUT2D eigenvalue weighted by molar-refractivity contribution is -0.140. The maximum Gasteiger partial charge on any atom is 0.305 e. The van der Waals surface area contributed by atoms with E-state index in [1.54, 1.807) is 12.4 Å². The number of rotatable bonds is 8. The van der Waals surface area contributed by atoms with Gasteiger partial charge >= 0.3 is 5.97 Å². The van der Waals surface area contributed by atoms with E-state index in [1.165, 1.54) is 7.11 Å². The average molecular weight is 267 g/mol. The van der Waals surface area contributed by atoms with Gasteiger partial charge < -0.3 is 14.4 Å². The van der Waals surface area contributed by atoms with Gasteiger partial charge in [0.2, 0.25) is 5.88 Å². The van der Waals surface area contributed by atoms with Crippen LogP contribution in [0.1, 0.15) is 26.2 Å². The second-order valence-corrected chi connectivity index (χ2v) is 4.17. The molecule has 0 aliphatic heterocycles. The van der Waals surface area contributed by atoms with Gasteiger partial charge in [0.25, 0.3) is 0 Å². The number of anilines is 1. The van der Waals surface area contributed by atoms with Gasteiger partial charge in [-0.2, -0.15) is 4.98 Å². The first-order chi connectivity index (χ1) is 9.17. The molecule has 0 aliphatic carbocycles. The van der Waals surface area contributed by atoms with Crippen LogP contribution in [0.2, 0.25) is 0 Å². The maximum atomic E-state index is 11.0. The van der Waals surface area contributed by atoms with Crippen LogP contribution in [0.3, 0.4) is 0 Å². The zero-order valence-electron chi connectivity index (χ0n) is 11.8. The summed E-state index contributed by atoms with van der Waals surface area (Å²) in [7, 11) is 3.30. The smallest absolute Gasteiger partial charge is 0.305 e. The molecule has 6 heteroatoms. The molecule has 1 heterocycles. The van der Waals surface area contributed by atoms with Gasteiger partial charge in [0.05, 0.1) is 26.1 Å². The first-order valence-corrected chi connectivity index (χ1v) is 6.40. The molecule has 0 unspecified atom stereocenters. The molecule has 1 rings (SSSR count). The molecule has 19 heavy (non-hydrogen) atoms. The summed E-state index contributed by atoms with van der Waals surface area (Å²) in [5, 5.41) is 0. The highest BCUT2D eigenvalue weighted by Crippen LogP contribution is 2.13. The number of hydrogen-bond donors (Lipinski definition) is 0. The molecule has 6 nitrogen and oxygen atoms in total. The summed E-state index contributed by atoms with van der Waals surface area (Å²) in [6, 6.07) is 0. The molecule has 0 N–H and O–H groups in total. The second-order valence-electron chi connectivity index (χ2n) is 4.17. The largest absolute Gasteiger partial charge is 0.477 e. The van der Waals surface area contributed by atoms with Gasteiger partial charge in [0.1, 0.15) is 0 Å². The Labute approximate surface area is 113 Å². The Bertz CT molecular complexity index is 398. The summed E-state index contributed by atoms with van der Waals surface area (Å²) in [4.78, 5) is 21.4. The molecule has 0 fully saturated rings. The highest BCUT2D eigenvalue weighted by atomic mass is 16.5. The minimum atomic E-state index is -0.195. The summed E-state index contributed by atoms with van der Waals surface area (Å²) < 4.78 is 10.0. The van der Waals surface area contributed by atoms with Gasteiger partial charge in [-0.1, -0.05) is 6.92 Å². The Hall–Kier alpha value is -1.85. The molecule has 1 aromatic heterocycles. The van der Waals surface area contributed by atoms with Crippen LogP contribution >= 0.6 is 0 Å². The Balaban J connectivity index is 2.47. The molecular formula is C13H21N3O3. The van der Waals surface area contributed by atoms with Gasteiger partial charge in [0.15, 0.2) is 5.82 Å². The minimum Gasteiger partial charge on any atom is -0.477 e. The lowest BCUT2D eigenvalue weighted by atomic mass is 10.3. The van der Waals surface area contributed by atoms with Crippen molar-refractivity contribution in [2.24, 2.45) is 0 Å². The zero-order chi connectivity index (χ0) is 14.1. The van der Waals surface area contributed by atoms with Crippen molar-refractivity contribution >= 4 is 11.8 Å². The van der Waals surface area contributed by atoms with Gasteiger partial charge in [-0.05, 0) is 12.8 Å². The molecule has 0 radical (unpaired) electrons. The summed E-state index contributed by atoms with van der Waals surface area (Å²) in [6.07, 6.45) is 5.32. The van der Waals surface area contributed by atoms with Gasteiger partial charge in [0, 0.05) is 20.0 Å². The predicted octanol–water partition coefficient (Wildman–Crippen LogP) is 1.65. The average Bonchev–Trinajstić information content (AvgIpc) is 2.45. The van der Waals surface area contributed by atoms with E-state index >= 15 is 0 Å². The van der Waals surface area contributed by atoms with E-state index in [4.69, 9.17) is 4.74 Å². The van der Waals surface area contributed by atoms with Crippen molar-refractivity contribution in [3.05, 3.63) is 12.4 Å². The van der Waals surface area contributed by atoms with Crippen molar-refractivity contribution in [1.29, 1.82) is 0 Å². The molecule has 106 valence electrons. The van der Waals surface area contributed by atoms with Crippen LogP contribution in [0.5, 0.6) is 5.88 Å². The predicted molar refractivity (Wildman–Crippen MR) is 72.3 cm³/mol. The quantitative estimate of drug-likeness (QED) is 0.667. The molecule has 0 bridgehead atoms. The molecule has 0 amide bonds. The lowest BCUT2D eigenvalue weighted by Gasteiger charge is -2.17. The van der Waals surface area contributed by atoms with Gasteiger partial charge in [-0.25, -0.2) is 0 Å². The van der Waals surface area contributed by atoms with E-state index in [0.717, 1.165) is 12.2 Å². The van der Waals surface area contributed by atoms with Crippen LogP contribution in [0.15, 0.2) is 12.4 Å². The Kier molecular flexibility index (Phi) is 6.63. The van der Waals surface area contributed by atoms with Crippen molar-refractivity contribution < 1.29 is 14.3 Å². The van der Waals surface area contributed by atoms with E-state index in [9.17, 15) is 4.79 Å². The molecule has 0 atom stereocenters. The molecule has 0 saturated heterocycles. The number of nitrogens with zero attached hydrogens (tertiary/aromatic N) is 3. The number of esters is 1. The topological polar surface area (TPSA) is 64.5 Å². The molecule has 0 spiro atoms. The van der Waals surface area contributed by atoms with E-state index in [1.807, 2.05) is 18.9 Å². The summed E-state index contributed by atoms with van der Waals surface area (Å²) in [5.74, 6) is 1.07. The first kappa shape index (κ1) is 15.2. The number of carbonyl (C=O) groups excluding carboxylic acids is 1. The van der Waals surface area contributed by atoms with Crippen LogP contribution in [0.4, 0.5) is 5.82 Å². The highest BCUT2D eigenvalue weighted by molar-refractivity contribution is 5.69. The van der Waals surface area contributed by atoms with Crippen molar-refractivity contribution in [2.75, 3.05) is 32.2 Å². The van der Waals surface area contributed by atoms with E-state index in [-0.39, 0.29) is 5.97 Å². The van der Waals surface area contributed by atoms with Crippen molar-refractivity contribution in [2.45, 2.75) is 26.2 Å². The summed E-state index contributed by atoms with van der Waals surface area (Å²) in [5.41, 5.74) is 0. The zero-order valence-corrected chi connectivity index (χ0v) is 11.8. The minimum absolute atomic E-state index is 0.195.